The number of alkyl halides is 3. The standard InChI is InChI=1S/C14H19F3N4O/c15-14(16,17)9-21-7-11(6-19-21)20-12(22)13-4-2-1-3-10(13)5-18-8-13/h6-7,10,18H,1-5,8-9H2,(H,20,22)/t10-,13+/m0/s1. The fourth-order valence-corrected chi connectivity index (χ4v) is 3.64. The molecule has 0 spiro atoms. The second kappa shape index (κ2) is 5.57. The van der Waals surface area contributed by atoms with Crippen molar-refractivity contribution in [2.45, 2.75) is 38.4 Å². The Balaban J connectivity index is 1.69. The molecule has 0 unspecified atom stereocenters. The number of carbonyl (C=O) groups is 1. The lowest BCUT2D eigenvalue weighted by Crippen LogP contribution is -2.44. The van der Waals surface area contributed by atoms with Crippen molar-refractivity contribution in [3.8, 4) is 0 Å². The van der Waals surface area contributed by atoms with E-state index in [0.717, 1.165) is 36.9 Å². The summed E-state index contributed by atoms with van der Waals surface area (Å²) in [6, 6.07) is 0. The first-order valence-electron chi connectivity index (χ1n) is 7.50. The van der Waals surface area contributed by atoms with E-state index < -0.39 is 18.1 Å². The number of aromatic nitrogens is 2. The molecule has 1 saturated carbocycles. The summed E-state index contributed by atoms with van der Waals surface area (Å²) in [5.41, 5.74) is -0.107. The number of halogens is 3. The van der Waals surface area contributed by atoms with Crippen LogP contribution in [-0.4, -0.2) is 35.0 Å². The van der Waals surface area contributed by atoms with E-state index >= 15 is 0 Å². The lowest BCUT2D eigenvalue weighted by molar-refractivity contribution is -0.142. The molecule has 0 bridgehead atoms. The Bertz CT molecular complexity index is 557. The predicted octanol–water partition coefficient (Wildman–Crippen LogP) is 2.16. The average Bonchev–Trinajstić information content (AvgIpc) is 3.04. The molecule has 5 nitrogen and oxygen atoms in total. The Morgan fingerprint density at radius 3 is 3.09 bits per heavy atom. The van der Waals surface area contributed by atoms with E-state index in [1.165, 1.54) is 12.4 Å². The summed E-state index contributed by atoms with van der Waals surface area (Å²) in [7, 11) is 0. The summed E-state index contributed by atoms with van der Waals surface area (Å²) in [5.74, 6) is 0.209. The van der Waals surface area contributed by atoms with Crippen LogP contribution in [0.25, 0.3) is 0 Å². The third-order valence-electron chi connectivity index (χ3n) is 4.72. The third-order valence-corrected chi connectivity index (χ3v) is 4.72. The molecule has 1 aromatic rings. The van der Waals surface area contributed by atoms with Gasteiger partial charge >= 0.3 is 6.18 Å². The maximum atomic E-state index is 12.7. The van der Waals surface area contributed by atoms with Gasteiger partial charge in [0.15, 0.2) is 0 Å². The van der Waals surface area contributed by atoms with Gasteiger partial charge in [-0.05, 0) is 25.3 Å². The minimum atomic E-state index is -4.32. The fourth-order valence-electron chi connectivity index (χ4n) is 3.64. The smallest absolute Gasteiger partial charge is 0.323 e. The normalized spacial score (nSPS) is 28.4. The molecule has 0 aromatic carbocycles. The first-order chi connectivity index (χ1) is 10.4. The van der Waals surface area contributed by atoms with E-state index in [1.807, 2.05) is 0 Å². The molecule has 1 aromatic heterocycles. The molecule has 2 aliphatic rings. The molecule has 2 fully saturated rings. The number of nitrogens with one attached hydrogen (secondary N) is 2. The number of hydrogen-bond acceptors (Lipinski definition) is 3. The number of carbonyl (C=O) groups excluding carboxylic acids is 1. The SMILES string of the molecule is O=C(Nc1cnn(CC(F)(F)F)c1)[C@@]12CCCC[C@H]1CNC2. The summed E-state index contributed by atoms with van der Waals surface area (Å²) in [6.45, 7) is 0.319. The van der Waals surface area contributed by atoms with Crippen molar-refractivity contribution >= 4 is 11.6 Å². The molecule has 8 heteroatoms. The number of hydrogen-bond donors (Lipinski definition) is 2. The summed E-state index contributed by atoms with van der Waals surface area (Å²) in [6.07, 6.45) is 2.16. The minimum Gasteiger partial charge on any atom is -0.323 e. The topological polar surface area (TPSA) is 59.0 Å². The van der Waals surface area contributed by atoms with Crippen LogP contribution in [0, 0.1) is 11.3 Å². The van der Waals surface area contributed by atoms with Gasteiger partial charge in [0.1, 0.15) is 6.54 Å². The molecule has 1 aliphatic heterocycles. The van der Waals surface area contributed by atoms with Crippen LogP contribution in [0.15, 0.2) is 12.4 Å². The highest BCUT2D eigenvalue weighted by molar-refractivity contribution is 5.96. The van der Waals surface area contributed by atoms with Gasteiger partial charge in [-0.1, -0.05) is 12.8 Å². The Morgan fingerprint density at radius 2 is 2.32 bits per heavy atom. The number of amides is 1. The Kier molecular flexibility index (Phi) is 3.88. The maximum absolute atomic E-state index is 12.7. The zero-order valence-corrected chi connectivity index (χ0v) is 12.1. The van der Waals surface area contributed by atoms with E-state index in [4.69, 9.17) is 0 Å². The third kappa shape index (κ3) is 2.97. The molecule has 0 radical (unpaired) electrons. The van der Waals surface area contributed by atoms with Crippen LogP contribution in [0.5, 0.6) is 0 Å². The lowest BCUT2D eigenvalue weighted by atomic mass is 9.67. The van der Waals surface area contributed by atoms with Crippen molar-refractivity contribution in [3.63, 3.8) is 0 Å². The van der Waals surface area contributed by atoms with Gasteiger partial charge in [0.25, 0.3) is 0 Å². The summed E-state index contributed by atoms with van der Waals surface area (Å²) in [5, 5.41) is 9.68. The van der Waals surface area contributed by atoms with Gasteiger partial charge in [0, 0.05) is 12.7 Å². The summed E-state index contributed by atoms with van der Waals surface area (Å²) < 4.78 is 37.8. The molecular formula is C14H19F3N4O. The Morgan fingerprint density at radius 1 is 1.50 bits per heavy atom. The van der Waals surface area contributed by atoms with Crippen LogP contribution in [0.2, 0.25) is 0 Å². The predicted molar refractivity (Wildman–Crippen MR) is 74.2 cm³/mol. The van der Waals surface area contributed by atoms with Crippen molar-refractivity contribution < 1.29 is 18.0 Å². The van der Waals surface area contributed by atoms with Crippen LogP contribution >= 0.6 is 0 Å². The molecule has 2 atom stereocenters. The van der Waals surface area contributed by atoms with E-state index in [0.29, 0.717) is 18.2 Å². The van der Waals surface area contributed by atoms with Gasteiger partial charge in [0.2, 0.25) is 5.91 Å². The van der Waals surface area contributed by atoms with Crippen LogP contribution in [-0.2, 0) is 11.3 Å². The van der Waals surface area contributed by atoms with Gasteiger partial charge in [-0.15, -0.1) is 0 Å². The minimum absolute atomic E-state index is 0.103. The van der Waals surface area contributed by atoms with Gasteiger partial charge < -0.3 is 10.6 Å². The largest absolute Gasteiger partial charge is 0.408 e. The van der Waals surface area contributed by atoms with E-state index in [1.54, 1.807) is 0 Å². The molecular weight excluding hydrogens is 297 g/mol. The Labute approximate surface area is 126 Å². The van der Waals surface area contributed by atoms with Gasteiger partial charge in [-0.2, -0.15) is 18.3 Å². The van der Waals surface area contributed by atoms with E-state index in [9.17, 15) is 18.0 Å². The molecule has 22 heavy (non-hydrogen) atoms. The van der Waals surface area contributed by atoms with Crippen molar-refractivity contribution in [1.29, 1.82) is 0 Å². The van der Waals surface area contributed by atoms with Crippen molar-refractivity contribution in [1.82, 2.24) is 15.1 Å². The van der Waals surface area contributed by atoms with Gasteiger partial charge in [-0.25, -0.2) is 0 Å². The molecule has 122 valence electrons. The molecule has 3 rings (SSSR count). The number of rotatable bonds is 3. The molecule has 1 aliphatic carbocycles. The van der Waals surface area contributed by atoms with E-state index in [-0.39, 0.29) is 5.91 Å². The first kappa shape index (κ1) is 15.3. The monoisotopic (exact) mass is 316 g/mol. The highest BCUT2D eigenvalue weighted by Crippen LogP contribution is 2.44. The zero-order valence-electron chi connectivity index (χ0n) is 12.1. The van der Waals surface area contributed by atoms with E-state index in [2.05, 4.69) is 15.7 Å². The highest BCUT2D eigenvalue weighted by Gasteiger charge is 2.49. The maximum Gasteiger partial charge on any atom is 0.408 e. The van der Waals surface area contributed by atoms with Gasteiger partial charge in [-0.3, -0.25) is 9.48 Å². The number of anilines is 1. The fraction of sp³-hybridized carbons (Fsp3) is 0.714. The molecule has 1 saturated heterocycles. The highest BCUT2D eigenvalue weighted by atomic mass is 19.4. The molecule has 2 heterocycles. The van der Waals surface area contributed by atoms with Gasteiger partial charge in [0.05, 0.1) is 17.3 Å². The number of nitrogens with zero attached hydrogens (tertiary/aromatic N) is 2. The van der Waals surface area contributed by atoms with Crippen LogP contribution < -0.4 is 10.6 Å². The Hall–Kier alpha value is -1.57. The van der Waals surface area contributed by atoms with Crippen molar-refractivity contribution in [3.05, 3.63) is 12.4 Å². The van der Waals surface area contributed by atoms with Crippen LogP contribution in [0.3, 0.4) is 0 Å². The summed E-state index contributed by atoms with van der Waals surface area (Å²) in [4.78, 5) is 12.7. The zero-order chi connectivity index (χ0) is 15.8. The second-order valence-corrected chi connectivity index (χ2v) is 6.23. The lowest BCUT2D eigenvalue weighted by Gasteiger charge is -2.36. The second-order valence-electron chi connectivity index (χ2n) is 6.23. The van der Waals surface area contributed by atoms with Crippen molar-refractivity contribution in [2.24, 2.45) is 11.3 Å². The van der Waals surface area contributed by atoms with Crippen LogP contribution in [0.4, 0.5) is 18.9 Å². The van der Waals surface area contributed by atoms with Crippen LogP contribution in [0.1, 0.15) is 25.7 Å². The first-order valence-corrected chi connectivity index (χ1v) is 7.50. The summed E-state index contributed by atoms with van der Waals surface area (Å²) >= 11 is 0. The quantitative estimate of drug-likeness (QED) is 0.898. The van der Waals surface area contributed by atoms with Crippen molar-refractivity contribution in [2.75, 3.05) is 18.4 Å². The molecule has 2 N–H and O–H groups in total. The molecule has 1 amide bonds. The average molecular weight is 316 g/mol. The number of fused-ring (bicyclic) bond motifs is 1.